The first-order chi connectivity index (χ1) is 22.6. The summed E-state index contributed by atoms with van der Waals surface area (Å²) in [6.07, 6.45) is 3.42. The summed E-state index contributed by atoms with van der Waals surface area (Å²) in [7, 11) is 4.61. The van der Waals surface area contributed by atoms with E-state index in [9.17, 15) is 19.2 Å². The van der Waals surface area contributed by atoms with Crippen LogP contribution in [0.2, 0.25) is 0 Å². The van der Waals surface area contributed by atoms with Crippen molar-refractivity contribution < 1.29 is 33.3 Å². The maximum Gasteiger partial charge on any atom is 0.350 e. The number of benzene rings is 1. The zero-order valence-corrected chi connectivity index (χ0v) is 29.2. The molecule has 252 valence electrons. The minimum Gasteiger partial charge on any atom is -0.493 e. The van der Waals surface area contributed by atoms with Crippen molar-refractivity contribution in [1.29, 1.82) is 0 Å². The van der Waals surface area contributed by atoms with E-state index in [4.69, 9.17) is 18.9 Å². The summed E-state index contributed by atoms with van der Waals surface area (Å²) >= 11 is 2.60. The van der Waals surface area contributed by atoms with Crippen LogP contribution in [0.1, 0.15) is 59.2 Å². The zero-order chi connectivity index (χ0) is 34.2. The summed E-state index contributed by atoms with van der Waals surface area (Å²) in [6, 6.07) is 5.56. The van der Waals surface area contributed by atoms with E-state index in [2.05, 4.69) is 20.9 Å². The average Bonchev–Trinajstić information content (AvgIpc) is 3.25. The molecule has 1 aliphatic rings. The van der Waals surface area contributed by atoms with Gasteiger partial charge in [0, 0.05) is 12.5 Å². The Bertz CT molecular complexity index is 1710. The number of methoxy groups -OCH3 is 3. The quantitative estimate of drug-likeness (QED) is 0.209. The Hall–Kier alpha value is -4.30. The fourth-order valence-corrected chi connectivity index (χ4v) is 6.88. The number of aryl methyl sites for hydroxylation is 2. The minimum atomic E-state index is -0.801. The largest absolute Gasteiger partial charge is 0.493 e. The Morgan fingerprint density at radius 2 is 1.85 bits per heavy atom. The van der Waals surface area contributed by atoms with Gasteiger partial charge in [-0.1, -0.05) is 17.4 Å². The van der Waals surface area contributed by atoms with Crippen molar-refractivity contribution in [1.82, 2.24) is 10.3 Å². The molecule has 2 aromatic carbocycles. The smallest absolute Gasteiger partial charge is 0.350 e. The lowest BCUT2D eigenvalue weighted by Crippen LogP contribution is -2.36. The van der Waals surface area contributed by atoms with E-state index in [1.165, 1.54) is 27.2 Å². The molecule has 12 nitrogen and oxygen atoms in total. The first-order valence-electron chi connectivity index (χ1n) is 15.0. The predicted octanol–water partition coefficient (Wildman–Crippen LogP) is 4.98. The molecule has 3 N–H and O–H groups in total. The number of rotatable bonds is 13. The van der Waals surface area contributed by atoms with E-state index in [0.29, 0.717) is 64.0 Å². The third-order valence-corrected chi connectivity index (χ3v) is 9.36. The highest BCUT2D eigenvalue weighted by Gasteiger charge is 2.30. The number of amides is 2. The third-order valence-electron chi connectivity index (χ3n) is 7.66. The normalized spacial score (nSPS) is 14.1. The second-order valence-corrected chi connectivity index (χ2v) is 12.7. The number of thiazole rings is 1. The molecular weight excluding hydrogens is 645 g/mol. The highest BCUT2D eigenvalue weighted by atomic mass is 32.2. The number of carbonyl (C=O) groups excluding carboxylic acids is 3. The molecule has 0 saturated heterocycles. The van der Waals surface area contributed by atoms with Crippen LogP contribution in [-0.2, 0) is 20.7 Å². The van der Waals surface area contributed by atoms with Crippen molar-refractivity contribution in [2.24, 2.45) is 0 Å². The van der Waals surface area contributed by atoms with E-state index in [1.54, 1.807) is 44.9 Å². The molecule has 0 bridgehead atoms. The summed E-state index contributed by atoms with van der Waals surface area (Å²) < 4.78 is 22.2. The lowest BCUT2D eigenvalue weighted by Gasteiger charge is -2.19. The lowest BCUT2D eigenvalue weighted by molar-refractivity contribution is -0.120. The van der Waals surface area contributed by atoms with Gasteiger partial charge in [0.1, 0.15) is 10.9 Å². The first-order valence-corrected chi connectivity index (χ1v) is 17.3. The molecule has 1 aromatic heterocycles. The van der Waals surface area contributed by atoms with Crippen LogP contribution in [-0.4, -0.2) is 68.8 Å². The summed E-state index contributed by atoms with van der Waals surface area (Å²) in [5, 5.41) is 9.21. The Morgan fingerprint density at radius 3 is 2.49 bits per heavy atom. The molecule has 3 aromatic rings. The van der Waals surface area contributed by atoms with Gasteiger partial charge < -0.3 is 34.9 Å². The number of esters is 1. The highest BCUT2D eigenvalue weighted by Crippen LogP contribution is 2.50. The molecule has 0 unspecified atom stereocenters. The number of ether oxygens (including phenoxy) is 4. The maximum atomic E-state index is 13.8. The molecule has 0 spiro atoms. The van der Waals surface area contributed by atoms with Crippen molar-refractivity contribution in [3.63, 3.8) is 0 Å². The predicted molar refractivity (Wildman–Crippen MR) is 185 cm³/mol. The second-order valence-electron chi connectivity index (χ2n) is 10.7. The summed E-state index contributed by atoms with van der Waals surface area (Å²) in [5.74, 6) is 0.845. The Morgan fingerprint density at radius 1 is 1.11 bits per heavy atom. The fraction of sp³-hybridized carbons (Fsp3) is 0.424. The van der Waals surface area contributed by atoms with Gasteiger partial charge in [0.2, 0.25) is 23.0 Å². The monoisotopic (exact) mass is 684 g/mol. The molecule has 0 saturated carbocycles. The Kier molecular flexibility index (Phi) is 12.1. The SMILES string of the molecule is CCOC(=O)c1sc(NC(=O)[C@@H](CCSC)Nc2ccc3c(cc2=O)[C@H](NC(C)=O)CCc2cc(OC)c(OC)c(OC)c2-3)nc1C. The third kappa shape index (κ3) is 7.99. The van der Waals surface area contributed by atoms with Crippen molar-refractivity contribution in [2.45, 2.75) is 52.1 Å². The van der Waals surface area contributed by atoms with Gasteiger partial charge in [0.25, 0.3) is 0 Å². The van der Waals surface area contributed by atoms with Crippen molar-refractivity contribution in [3.8, 4) is 28.4 Å². The van der Waals surface area contributed by atoms with Crippen LogP contribution in [0, 0.1) is 6.92 Å². The van der Waals surface area contributed by atoms with Crippen molar-refractivity contribution in [3.05, 3.63) is 56.2 Å². The second kappa shape index (κ2) is 16.0. The van der Waals surface area contributed by atoms with Gasteiger partial charge in [-0.05, 0) is 80.0 Å². The topological polar surface area (TPSA) is 154 Å². The van der Waals surface area contributed by atoms with E-state index in [0.717, 1.165) is 22.5 Å². The maximum absolute atomic E-state index is 13.8. The van der Waals surface area contributed by atoms with Gasteiger partial charge in [-0.15, -0.1) is 0 Å². The van der Waals surface area contributed by atoms with Crippen LogP contribution in [0.3, 0.4) is 0 Å². The van der Waals surface area contributed by atoms with Gasteiger partial charge in [0.05, 0.1) is 45.4 Å². The van der Waals surface area contributed by atoms with Crippen molar-refractivity contribution in [2.75, 3.05) is 50.6 Å². The number of anilines is 2. The first kappa shape index (κ1) is 35.6. The van der Waals surface area contributed by atoms with Crippen LogP contribution in [0.15, 0.2) is 29.1 Å². The van der Waals surface area contributed by atoms with Crippen LogP contribution < -0.4 is 35.6 Å². The molecule has 1 aliphatic carbocycles. The number of carbonyl (C=O) groups is 3. The Balaban J connectivity index is 1.78. The minimum absolute atomic E-state index is 0.199. The molecule has 1 heterocycles. The molecule has 0 aliphatic heterocycles. The van der Waals surface area contributed by atoms with Crippen LogP contribution >= 0.6 is 23.1 Å². The van der Waals surface area contributed by atoms with Crippen LogP contribution in [0.25, 0.3) is 11.1 Å². The molecule has 2 atom stereocenters. The van der Waals surface area contributed by atoms with Gasteiger partial charge in [-0.3, -0.25) is 14.4 Å². The number of hydrogen-bond acceptors (Lipinski definition) is 12. The van der Waals surface area contributed by atoms with Gasteiger partial charge in [-0.25, -0.2) is 9.78 Å². The summed E-state index contributed by atoms with van der Waals surface area (Å²) in [4.78, 5) is 56.6. The number of fused-ring (bicyclic) bond motifs is 3. The van der Waals surface area contributed by atoms with Gasteiger partial charge in [-0.2, -0.15) is 11.8 Å². The van der Waals surface area contributed by atoms with Crippen LogP contribution in [0.4, 0.5) is 10.8 Å². The van der Waals surface area contributed by atoms with Crippen LogP contribution in [0.5, 0.6) is 17.2 Å². The molecular formula is C33H40N4O8S2. The van der Waals surface area contributed by atoms with E-state index >= 15 is 0 Å². The number of aromatic nitrogens is 1. The number of thioether (sulfide) groups is 1. The highest BCUT2D eigenvalue weighted by molar-refractivity contribution is 7.98. The molecule has 0 radical (unpaired) electrons. The number of nitrogens with one attached hydrogen (secondary N) is 3. The molecule has 0 fully saturated rings. The molecule has 2 amide bonds. The molecule has 47 heavy (non-hydrogen) atoms. The standard InChI is InChI=1S/C33H40N4O8S2/c1-8-45-32(41)30-17(2)34-33(47-30)37-31(40)24(13-14-46-7)36-23-12-10-20-21(16-25(23)39)22(35-18(3)38)11-9-19-15-26(42-4)28(43-5)29(44-6)27(19)20/h10,12,15-16,22,24H,8-9,11,13-14H2,1-7H3,(H,35,38)(H,36,39)(H,34,37,40)/t22-,24-/m1/s1. The zero-order valence-electron chi connectivity index (χ0n) is 27.5. The van der Waals surface area contributed by atoms with Crippen molar-refractivity contribution >= 4 is 51.7 Å². The number of hydrogen-bond donors (Lipinski definition) is 3. The number of nitrogens with zero attached hydrogens (tertiary/aromatic N) is 1. The van der Waals surface area contributed by atoms with E-state index in [-0.39, 0.29) is 28.8 Å². The van der Waals surface area contributed by atoms with E-state index in [1.807, 2.05) is 12.3 Å². The summed E-state index contributed by atoms with van der Waals surface area (Å²) in [5.41, 5.74) is 3.20. The van der Waals surface area contributed by atoms with Gasteiger partial charge in [0.15, 0.2) is 16.6 Å². The average molecular weight is 685 g/mol. The Labute approximate surface area is 281 Å². The summed E-state index contributed by atoms with van der Waals surface area (Å²) in [6.45, 7) is 5.05. The lowest BCUT2D eigenvalue weighted by atomic mass is 9.95. The molecule has 14 heteroatoms. The fourth-order valence-electron chi connectivity index (χ4n) is 5.55. The van der Waals surface area contributed by atoms with E-state index < -0.39 is 24.0 Å². The van der Waals surface area contributed by atoms with Gasteiger partial charge >= 0.3 is 5.97 Å². The molecule has 4 rings (SSSR count).